The van der Waals surface area contributed by atoms with Crippen LogP contribution in [0.4, 0.5) is 19.6 Å². The highest BCUT2D eigenvalue weighted by Crippen LogP contribution is 2.37. The first kappa shape index (κ1) is 34.0. The number of carbonyl (C=O) groups excluding carboxylic acids is 3. The molecule has 1 aromatic heterocycles. The van der Waals surface area contributed by atoms with Crippen molar-refractivity contribution in [3.05, 3.63) is 173 Å². The molecule has 6 aromatic rings. The molecule has 0 saturated carbocycles. The van der Waals surface area contributed by atoms with Crippen LogP contribution in [0.5, 0.6) is 0 Å². The normalized spacial score (nSPS) is 11.8. The molecule has 11 heteroatoms. The fourth-order valence-corrected chi connectivity index (χ4v) is 6.52. The summed E-state index contributed by atoms with van der Waals surface area (Å²) in [4.78, 5) is 45.2. The highest BCUT2D eigenvalue weighted by molar-refractivity contribution is 8.00. The predicted octanol–water partition coefficient (Wildman–Crippen LogP) is 8.97. The molecule has 0 spiro atoms. The molecule has 248 valence electrons. The van der Waals surface area contributed by atoms with Crippen molar-refractivity contribution in [3.8, 4) is 11.3 Å². The molecule has 0 fully saturated rings. The largest absolute Gasteiger partial charge is 0.321 e. The van der Waals surface area contributed by atoms with Crippen molar-refractivity contribution >= 4 is 57.7 Å². The van der Waals surface area contributed by atoms with Crippen molar-refractivity contribution in [2.24, 2.45) is 0 Å². The maximum atomic E-state index is 13.6. The van der Waals surface area contributed by atoms with Gasteiger partial charge in [-0.3, -0.25) is 14.4 Å². The zero-order chi connectivity index (χ0) is 34.9. The summed E-state index contributed by atoms with van der Waals surface area (Å²) in [6.07, 6.45) is 1.47. The Hall–Kier alpha value is -5.91. The zero-order valence-electron chi connectivity index (χ0n) is 26.2. The van der Waals surface area contributed by atoms with Gasteiger partial charge in [0.25, 0.3) is 11.8 Å². The van der Waals surface area contributed by atoms with Crippen LogP contribution in [-0.2, 0) is 9.59 Å². The molecule has 5 aromatic carbocycles. The van der Waals surface area contributed by atoms with E-state index in [4.69, 9.17) is 0 Å². The molecule has 7 nitrogen and oxygen atoms in total. The molecule has 0 aliphatic carbocycles. The van der Waals surface area contributed by atoms with E-state index in [1.807, 2.05) is 30.3 Å². The number of hydrogen-bond donors (Lipinski definition) is 3. The Bertz CT molecular complexity index is 2120. The summed E-state index contributed by atoms with van der Waals surface area (Å²) < 4.78 is 26.9. The Balaban J connectivity index is 1.16. The molecule has 0 radical (unpaired) electrons. The van der Waals surface area contributed by atoms with Crippen LogP contribution in [0, 0.1) is 11.6 Å². The summed E-state index contributed by atoms with van der Waals surface area (Å²) in [5.74, 6) is -2.10. The lowest BCUT2D eigenvalue weighted by Gasteiger charge is -2.17. The average Bonchev–Trinajstić information content (AvgIpc) is 3.61. The Labute approximate surface area is 295 Å². The molecule has 3 N–H and O–H groups in total. The number of thiazole rings is 1. The van der Waals surface area contributed by atoms with Crippen LogP contribution in [0.1, 0.15) is 26.7 Å². The van der Waals surface area contributed by atoms with Gasteiger partial charge in [-0.25, -0.2) is 13.8 Å². The maximum absolute atomic E-state index is 13.6. The Morgan fingerprint density at radius 1 is 0.720 bits per heavy atom. The summed E-state index contributed by atoms with van der Waals surface area (Å²) in [5, 5.41) is 9.97. The number of amides is 3. The van der Waals surface area contributed by atoms with Gasteiger partial charge in [-0.1, -0.05) is 60.7 Å². The third-order valence-corrected chi connectivity index (χ3v) is 9.31. The van der Waals surface area contributed by atoms with Crippen molar-refractivity contribution in [1.29, 1.82) is 0 Å². The number of aromatic nitrogens is 1. The number of nitrogens with zero attached hydrogens (tertiary/aromatic N) is 1. The number of thioether (sulfide) groups is 1. The molecular weight excluding hydrogens is 675 g/mol. The molecule has 1 heterocycles. The van der Waals surface area contributed by atoms with Gasteiger partial charge in [-0.15, -0.1) is 23.1 Å². The third-order valence-electron chi connectivity index (χ3n) is 7.29. The third kappa shape index (κ3) is 8.95. The van der Waals surface area contributed by atoms with Gasteiger partial charge >= 0.3 is 0 Å². The van der Waals surface area contributed by atoms with Gasteiger partial charge in [-0.05, 0) is 90.0 Å². The first-order chi connectivity index (χ1) is 24.3. The smallest absolute Gasteiger partial charge is 0.272 e. The van der Waals surface area contributed by atoms with Crippen molar-refractivity contribution < 1.29 is 23.2 Å². The summed E-state index contributed by atoms with van der Waals surface area (Å²) in [6, 6.07) is 36.3. The maximum Gasteiger partial charge on any atom is 0.272 e. The Morgan fingerprint density at radius 3 is 2.00 bits per heavy atom. The lowest BCUT2D eigenvalue weighted by atomic mass is 10.1. The number of halogens is 2. The molecule has 6 rings (SSSR count). The van der Waals surface area contributed by atoms with E-state index in [0.717, 1.165) is 16.0 Å². The minimum Gasteiger partial charge on any atom is -0.321 e. The number of anilines is 2. The van der Waals surface area contributed by atoms with E-state index in [2.05, 4.69) is 20.9 Å². The van der Waals surface area contributed by atoms with Crippen LogP contribution in [0.15, 0.2) is 149 Å². The minimum absolute atomic E-state index is 0.0329. The van der Waals surface area contributed by atoms with Gasteiger partial charge in [0, 0.05) is 27.1 Å². The molecule has 1 unspecified atom stereocenters. The Morgan fingerprint density at radius 2 is 1.34 bits per heavy atom. The van der Waals surface area contributed by atoms with E-state index in [0.29, 0.717) is 27.6 Å². The highest BCUT2D eigenvalue weighted by atomic mass is 32.2. The summed E-state index contributed by atoms with van der Waals surface area (Å²) >= 11 is 2.60. The predicted molar refractivity (Wildman–Crippen MR) is 195 cm³/mol. The summed E-state index contributed by atoms with van der Waals surface area (Å²) in [6.45, 7) is 0. The van der Waals surface area contributed by atoms with Gasteiger partial charge in [0.15, 0.2) is 5.13 Å². The van der Waals surface area contributed by atoms with Gasteiger partial charge in [0.1, 0.15) is 22.6 Å². The molecule has 0 saturated heterocycles. The monoisotopic (exact) mass is 702 g/mol. The van der Waals surface area contributed by atoms with Crippen LogP contribution in [0.25, 0.3) is 17.3 Å². The summed E-state index contributed by atoms with van der Waals surface area (Å²) in [5.41, 5.74) is 3.46. The van der Waals surface area contributed by atoms with Gasteiger partial charge in [-0.2, -0.15) is 0 Å². The number of hydrogen-bond acceptors (Lipinski definition) is 6. The first-order valence-corrected chi connectivity index (χ1v) is 17.1. The number of rotatable bonds is 11. The number of benzene rings is 5. The molecule has 3 amide bonds. The fourth-order valence-electron chi connectivity index (χ4n) is 4.78. The molecule has 0 bridgehead atoms. The SMILES string of the molecule is O=C(Nc1ccc(SC(C(=O)Nc2nc(-c3ccc(F)cc3)cs2)c2ccccc2)cc1)/C(=C/c1ccc(F)cc1)NC(=O)c1ccccc1. The quantitative estimate of drug-likeness (QED) is 0.0925. The van der Waals surface area contributed by atoms with E-state index >= 15 is 0 Å². The van der Waals surface area contributed by atoms with E-state index in [-0.39, 0.29) is 17.4 Å². The van der Waals surface area contributed by atoms with Crippen LogP contribution >= 0.6 is 23.1 Å². The van der Waals surface area contributed by atoms with E-state index in [9.17, 15) is 23.2 Å². The minimum atomic E-state index is -0.631. The van der Waals surface area contributed by atoms with Crippen molar-refractivity contribution in [2.75, 3.05) is 10.6 Å². The standard InChI is InChI=1S/C39H28F2N4O3S2/c40-29-15-11-25(12-16-29)23-33(43-36(46)28-9-5-2-6-10-28)37(47)42-31-19-21-32(22-20-31)50-35(27-7-3-1-4-8-27)38(48)45-39-44-34(24-49-39)26-13-17-30(41)18-14-26/h1-24,35H,(H,42,47)(H,43,46)(H,44,45,48)/b33-23-. The molecule has 0 aliphatic rings. The Kier molecular flexibility index (Phi) is 10.9. The van der Waals surface area contributed by atoms with E-state index in [1.54, 1.807) is 72.1 Å². The number of carbonyl (C=O) groups is 3. The second-order valence-electron chi connectivity index (χ2n) is 10.9. The molecule has 50 heavy (non-hydrogen) atoms. The van der Waals surface area contributed by atoms with Crippen molar-refractivity contribution in [2.45, 2.75) is 10.1 Å². The van der Waals surface area contributed by atoms with Crippen LogP contribution in [-0.4, -0.2) is 22.7 Å². The topological polar surface area (TPSA) is 100 Å². The average molecular weight is 703 g/mol. The van der Waals surface area contributed by atoms with E-state index in [1.165, 1.54) is 65.6 Å². The zero-order valence-corrected chi connectivity index (χ0v) is 27.8. The highest BCUT2D eigenvalue weighted by Gasteiger charge is 2.24. The first-order valence-electron chi connectivity index (χ1n) is 15.3. The second kappa shape index (κ2) is 16.0. The lowest BCUT2D eigenvalue weighted by molar-refractivity contribution is -0.116. The lowest BCUT2D eigenvalue weighted by Crippen LogP contribution is -2.30. The van der Waals surface area contributed by atoms with Gasteiger partial charge in [0.05, 0.1) is 5.69 Å². The molecular formula is C39H28F2N4O3S2. The fraction of sp³-hybridized carbons (Fsp3) is 0.0256. The van der Waals surface area contributed by atoms with Crippen LogP contribution < -0.4 is 16.0 Å². The molecule has 1 atom stereocenters. The van der Waals surface area contributed by atoms with Crippen LogP contribution in [0.3, 0.4) is 0 Å². The van der Waals surface area contributed by atoms with E-state index < -0.39 is 22.9 Å². The second-order valence-corrected chi connectivity index (χ2v) is 12.9. The molecule has 0 aliphatic heterocycles. The van der Waals surface area contributed by atoms with Crippen molar-refractivity contribution in [1.82, 2.24) is 10.3 Å². The van der Waals surface area contributed by atoms with Crippen LogP contribution in [0.2, 0.25) is 0 Å². The summed E-state index contributed by atoms with van der Waals surface area (Å²) in [7, 11) is 0. The van der Waals surface area contributed by atoms with Gasteiger partial charge < -0.3 is 16.0 Å². The number of nitrogens with one attached hydrogen (secondary N) is 3. The van der Waals surface area contributed by atoms with Gasteiger partial charge in [0.2, 0.25) is 5.91 Å². The van der Waals surface area contributed by atoms with Crippen molar-refractivity contribution in [3.63, 3.8) is 0 Å².